The van der Waals surface area contributed by atoms with Gasteiger partial charge in [-0.2, -0.15) is 4.31 Å². The van der Waals surface area contributed by atoms with Crippen molar-refractivity contribution >= 4 is 15.8 Å². The predicted octanol–water partition coefficient (Wildman–Crippen LogP) is 2.47. The van der Waals surface area contributed by atoms with Crippen molar-refractivity contribution in [2.24, 2.45) is 5.41 Å². The van der Waals surface area contributed by atoms with E-state index in [1.165, 1.54) is 6.33 Å². The van der Waals surface area contributed by atoms with Gasteiger partial charge < -0.3 is 9.64 Å². The molecule has 1 aromatic carbocycles. The first-order valence-electron chi connectivity index (χ1n) is 9.60. The first-order valence-corrected chi connectivity index (χ1v) is 11.0. The minimum Gasteiger partial charge on any atom is -0.481 e. The van der Waals surface area contributed by atoms with Gasteiger partial charge in [0.2, 0.25) is 15.9 Å². The number of aryl methyl sites for hydroxylation is 1. The number of rotatable bonds is 4. The Bertz CT molecular complexity index is 948. The molecule has 1 unspecified atom stereocenters. The van der Waals surface area contributed by atoms with Crippen molar-refractivity contribution in [1.82, 2.24) is 14.3 Å². The number of nitrogens with zero attached hydrogens (tertiary/aromatic N) is 4. The second-order valence-electron chi connectivity index (χ2n) is 7.85. The van der Waals surface area contributed by atoms with Crippen LogP contribution in [0.2, 0.25) is 0 Å². The van der Waals surface area contributed by atoms with Gasteiger partial charge >= 0.3 is 0 Å². The highest BCUT2D eigenvalue weighted by atomic mass is 32.2. The quantitative estimate of drug-likeness (QED) is 0.782. The summed E-state index contributed by atoms with van der Waals surface area (Å²) in [6.07, 6.45) is 4.44. The molecule has 0 amide bonds. The molecule has 2 aliphatic heterocycles. The van der Waals surface area contributed by atoms with Crippen LogP contribution in [0.4, 0.5) is 5.82 Å². The first kappa shape index (κ1) is 19.1. The molecular formula is C20H26N4O3S. The van der Waals surface area contributed by atoms with Crippen molar-refractivity contribution in [3.05, 3.63) is 42.2 Å². The van der Waals surface area contributed by atoms with Crippen LogP contribution in [0.1, 0.15) is 24.8 Å². The Morgan fingerprint density at radius 3 is 2.61 bits per heavy atom. The number of benzene rings is 1. The average Bonchev–Trinajstić information content (AvgIpc) is 3.12. The van der Waals surface area contributed by atoms with Gasteiger partial charge in [0.05, 0.1) is 12.0 Å². The maximum Gasteiger partial charge on any atom is 0.243 e. The average molecular weight is 403 g/mol. The van der Waals surface area contributed by atoms with Crippen LogP contribution >= 0.6 is 0 Å². The van der Waals surface area contributed by atoms with E-state index in [1.807, 2.05) is 25.1 Å². The molecule has 1 spiro atoms. The molecule has 2 aliphatic rings. The van der Waals surface area contributed by atoms with Gasteiger partial charge in [-0.05, 0) is 38.3 Å². The van der Waals surface area contributed by atoms with Gasteiger partial charge in [-0.3, -0.25) is 0 Å². The molecule has 8 heteroatoms. The van der Waals surface area contributed by atoms with Gasteiger partial charge in [0, 0.05) is 37.7 Å². The summed E-state index contributed by atoms with van der Waals surface area (Å²) in [5, 5.41) is 0. The van der Waals surface area contributed by atoms with Gasteiger partial charge in [-0.1, -0.05) is 17.7 Å². The SMILES string of the molecule is COc1cc(N2CCCC3(CCN(S(=O)(=O)c4ccc(C)cc4)C3)C2)ncn1. The van der Waals surface area contributed by atoms with E-state index in [0.29, 0.717) is 23.9 Å². The maximum absolute atomic E-state index is 13.1. The summed E-state index contributed by atoms with van der Waals surface area (Å²) in [6.45, 7) is 4.79. The lowest BCUT2D eigenvalue weighted by atomic mass is 9.79. The number of aromatic nitrogens is 2. The number of sulfonamides is 1. The van der Waals surface area contributed by atoms with Crippen molar-refractivity contribution in [2.45, 2.75) is 31.1 Å². The van der Waals surface area contributed by atoms with E-state index >= 15 is 0 Å². The fraction of sp³-hybridized carbons (Fsp3) is 0.500. The third-order valence-electron chi connectivity index (χ3n) is 5.88. The Morgan fingerprint density at radius 1 is 1.07 bits per heavy atom. The standard InChI is InChI=1S/C20H26N4O3S/c1-16-4-6-17(7-5-16)28(25,26)24-11-9-20(14-24)8-3-10-23(13-20)18-12-19(27-2)22-15-21-18/h4-7,12,15H,3,8-11,13-14H2,1-2H3. The van der Waals surface area contributed by atoms with Crippen LogP contribution in [0.25, 0.3) is 0 Å². The molecule has 7 nitrogen and oxygen atoms in total. The van der Waals surface area contributed by atoms with E-state index in [9.17, 15) is 8.42 Å². The summed E-state index contributed by atoms with van der Waals surface area (Å²) in [6, 6.07) is 8.95. The molecule has 28 heavy (non-hydrogen) atoms. The monoisotopic (exact) mass is 402 g/mol. The zero-order chi connectivity index (χ0) is 19.8. The van der Waals surface area contributed by atoms with Crippen LogP contribution in [0.3, 0.4) is 0 Å². The summed E-state index contributed by atoms with van der Waals surface area (Å²) in [7, 11) is -1.86. The Balaban J connectivity index is 1.52. The van der Waals surface area contributed by atoms with Crippen molar-refractivity contribution in [2.75, 3.05) is 38.2 Å². The Hall–Kier alpha value is -2.19. The number of anilines is 1. The lowest BCUT2D eigenvalue weighted by molar-refractivity contribution is 0.246. The summed E-state index contributed by atoms with van der Waals surface area (Å²) >= 11 is 0. The zero-order valence-corrected chi connectivity index (χ0v) is 17.2. The van der Waals surface area contributed by atoms with Gasteiger partial charge in [0.1, 0.15) is 12.1 Å². The highest BCUT2D eigenvalue weighted by Gasteiger charge is 2.45. The zero-order valence-electron chi connectivity index (χ0n) is 16.3. The summed E-state index contributed by atoms with van der Waals surface area (Å²) in [4.78, 5) is 11.1. The molecule has 1 atom stereocenters. The minimum absolute atomic E-state index is 0.0335. The third-order valence-corrected chi connectivity index (χ3v) is 7.74. The minimum atomic E-state index is -3.45. The van der Waals surface area contributed by atoms with Crippen molar-refractivity contribution in [1.29, 1.82) is 0 Å². The Kier molecular flexibility index (Phi) is 5.01. The molecule has 2 aromatic rings. The lowest BCUT2D eigenvalue weighted by Gasteiger charge is -2.41. The summed E-state index contributed by atoms with van der Waals surface area (Å²) < 4.78 is 33.0. The number of piperidine rings is 1. The molecule has 0 radical (unpaired) electrons. The number of methoxy groups -OCH3 is 1. The molecule has 0 saturated carbocycles. The molecular weight excluding hydrogens is 376 g/mol. The van der Waals surface area contributed by atoms with Crippen LogP contribution in [0.15, 0.2) is 41.6 Å². The van der Waals surface area contributed by atoms with E-state index in [0.717, 1.165) is 43.7 Å². The van der Waals surface area contributed by atoms with Gasteiger partial charge in [-0.25, -0.2) is 18.4 Å². The largest absolute Gasteiger partial charge is 0.481 e. The molecule has 0 N–H and O–H groups in total. The highest BCUT2D eigenvalue weighted by Crippen LogP contribution is 2.41. The van der Waals surface area contributed by atoms with Crippen LogP contribution < -0.4 is 9.64 Å². The van der Waals surface area contributed by atoms with Crippen molar-refractivity contribution < 1.29 is 13.2 Å². The third kappa shape index (κ3) is 3.58. The van der Waals surface area contributed by atoms with E-state index in [1.54, 1.807) is 23.5 Å². The molecule has 4 rings (SSSR count). The molecule has 0 aliphatic carbocycles. The van der Waals surface area contributed by atoms with E-state index in [2.05, 4.69) is 14.9 Å². The maximum atomic E-state index is 13.1. The molecule has 1 aromatic heterocycles. The topological polar surface area (TPSA) is 75.6 Å². The fourth-order valence-electron chi connectivity index (χ4n) is 4.31. The van der Waals surface area contributed by atoms with E-state index < -0.39 is 10.0 Å². The van der Waals surface area contributed by atoms with E-state index in [-0.39, 0.29) is 5.41 Å². The number of hydrogen-bond acceptors (Lipinski definition) is 6. The van der Waals surface area contributed by atoms with Gasteiger partial charge in [0.25, 0.3) is 0 Å². The van der Waals surface area contributed by atoms with Gasteiger partial charge in [-0.15, -0.1) is 0 Å². The first-order chi connectivity index (χ1) is 13.4. The lowest BCUT2D eigenvalue weighted by Crippen LogP contribution is -2.45. The van der Waals surface area contributed by atoms with Crippen molar-refractivity contribution in [3.63, 3.8) is 0 Å². The van der Waals surface area contributed by atoms with E-state index in [4.69, 9.17) is 4.74 Å². The smallest absolute Gasteiger partial charge is 0.243 e. The number of hydrogen-bond donors (Lipinski definition) is 0. The number of ether oxygens (including phenoxy) is 1. The molecule has 150 valence electrons. The second-order valence-corrected chi connectivity index (χ2v) is 9.78. The van der Waals surface area contributed by atoms with Crippen LogP contribution in [-0.2, 0) is 10.0 Å². The fourth-order valence-corrected chi connectivity index (χ4v) is 5.86. The van der Waals surface area contributed by atoms with Crippen LogP contribution in [0.5, 0.6) is 5.88 Å². The van der Waals surface area contributed by atoms with Crippen LogP contribution in [-0.4, -0.2) is 56.0 Å². The molecule has 3 heterocycles. The van der Waals surface area contributed by atoms with Gasteiger partial charge in [0.15, 0.2) is 0 Å². The highest BCUT2D eigenvalue weighted by molar-refractivity contribution is 7.89. The predicted molar refractivity (Wildman–Crippen MR) is 107 cm³/mol. The Morgan fingerprint density at radius 2 is 1.86 bits per heavy atom. The molecule has 0 bridgehead atoms. The molecule has 2 saturated heterocycles. The van der Waals surface area contributed by atoms with Crippen molar-refractivity contribution in [3.8, 4) is 5.88 Å². The molecule has 2 fully saturated rings. The summed E-state index contributed by atoms with van der Waals surface area (Å²) in [5.74, 6) is 1.38. The normalized spacial score (nSPS) is 23.3. The Labute approximate surface area is 166 Å². The second kappa shape index (κ2) is 7.33. The van der Waals surface area contributed by atoms with Crippen LogP contribution in [0, 0.1) is 12.3 Å². The summed E-state index contributed by atoms with van der Waals surface area (Å²) in [5.41, 5.74) is 1.02.